The number of carbonyl (C=O) groups excluding carboxylic acids is 7. The van der Waals surface area contributed by atoms with Crippen LogP contribution in [0.25, 0.3) is 0 Å². The van der Waals surface area contributed by atoms with Crippen molar-refractivity contribution in [2.75, 3.05) is 18.5 Å². The standard InChI is InChI=1S/C12H18BNO3.C10H13NO3.C6H6BrNO.C5H4BrNO.C5H5NO.C4H7BrO2/c1-11(2)12(3,4)17-13(16-11)9-6-10(8-15)14(5)7-9;1-3-14-10(13)5-8-4-9(7-12)11(2)6-8;1-8-3-5(7)2-6(8)4-9;6-4-1-5(3-8)7-2-4;7-4-5-2-1-3-6-5;1-2-7-4(6)3-5/h6-8H,1-5H3;4,6-7H,3,5H2,1-2H3;2-4H,1H3;1-3,7H;1-4,6H;2-3H2,1H3. The Balaban J connectivity index is 0.000000386. The Labute approximate surface area is 386 Å². The number of alkyl halides is 1. The van der Waals surface area contributed by atoms with E-state index in [1.165, 1.54) is 0 Å². The first kappa shape index (κ1) is 55.1. The molecule has 5 aromatic heterocycles. The molecule has 62 heavy (non-hydrogen) atoms. The molecule has 0 amide bonds. The summed E-state index contributed by atoms with van der Waals surface area (Å²) in [6, 6.07) is 10.5. The van der Waals surface area contributed by atoms with Crippen molar-refractivity contribution in [3.05, 3.63) is 110 Å². The number of hydrogen-bond donors (Lipinski definition) is 2. The number of aryl methyl sites for hydroxylation is 3. The molecule has 0 aromatic carbocycles. The minimum Gasteiger partial charge on any atom is -0.466 e. The van der Waals surface area contributed by atoms with Gasteiger partial charge in [-0.25, -0.2) is 0 Å². The second-order valence-corrected chi connectivity index (χ2v) is 16.3. The highest BCUT2D eigenvalue weighted by atomic mass is 79.9. The number of hydrogen-bond acceptors (Lipinski definition) is 11. The molecule has 0 bridgehead atoms. The molecule has 1 saturated heterocycles. The minimum absolute atomic E-state index is 0.206. The van der Waals surface area contributed by atoms with E-state index in [9.17, 15) is 33.6 Å². The van der Waals surface area contributed by atoms with E-state index in [1.807, 2.05) is 54.2 Å². The van der Waals surface area contributed by atoms with E-state index in [4.69, 9.17) is 14.0 Å². The number of carbonyl (C=O) groups is 7. The summed E-state index contributed by atoms with van der Waals surface area (Å²) in [4.78, 5) is 78.0. The average molecular weight is 1050 g/mol. The molecule has 6 heterocycles. The van der Waals surface area contributed by atoms with Crippen molar-refractivity contribution in [1.29, 1.82) is 0 Å². The van der Waals surface area contributed by atoms with E-state index >= 15 is 0 Å². The Hall–Kier alpha value is -4.89. The van der Waals surface area contributed by atoms with Gasteiger partial charge < -0.3 is 42.5 Å². The minimum atomic E-state index is -0.403. The molecule has 2 N–H and O–H groups in total. The molecule has 0 aliphatic carbocycles. The number of halogens is 3. The van der Waals surface area contributed by atoms with Gasteiger partial charge in [0.2, 0.25) is 0 Å². The fraction of sp³-hybridized carbons (Fsp3) is 0.357. The van der Waals surface area contributed by atoms with Crippen molar-refractivity contribution in [2.24, 2.45) is 21.1 Å². The van der Waals surface area contributed by atoms with Crippen LogP contribution in [0.2, 0.25) is 0 Å². The second-order valence-electron chi connectivity index (χ2n) is 13.9. The molecule has 1 aliphatic rings. The number of rotatable bonds is 11. The number of nitrogens with one attached hydrogen (secondary N) is 2. The van der Waals surface area contributed by atoms with Gasteiger partial charge in [-0.05, 0) is 115 Å². The zero-order chi connectivity index (χ0) is 47.0. The van der Waals surface area contributed by atoms with Crippen molar-refractivity contribution in [1.82, 2.24) is 23.7 Å². The monoisotopic (exact) mass is 1050 g/mol. The quantitative estimate of drug-likeness (QED) is 0.0595. The smallest absolute Gasteiger partial charge is 0.466 e. The van der Waals surface area contributed by atoms with E-state index in [0.717, 1.165) is 51.4 Å². The first-order valence-corrected chi connectivity index (χ1v) is 21.5. The predicted molar refractivity (Wildman–Crippen MR) is 247 cm³/mol. The van der Waals surface area contributed by atoms with Crippen LogP contribution >= 0.6 is 47.8 Å². The number of H-pyrrole nitrogens is 2. The van der Waals surface area contributed by atoms with Gasteiger partial charge in [-0.2, -0.15) is 0 Å². The largest absolute Gasteiger partial charge is 0.496 e. The number of aromatic amines is 2. The van der Waals surface area contributed by atoms with Crippen LogP contribution in [-0.2, 0) is 55.9 Å². The maximum Gasteiger partial charge on any atom is 0.496 e. The average Bonchev–Trinajstić information content (AvgIpc) is 4.09. The van der Waals surface area contributed by atoms with Crippen molar-refractivity contribution in [2.45, 2.75) is 59.2 Å². The Bertz CT molecular complexity index is 2160. The van der Waals surface area contributed by atoms with Gasteiger partial charge in [0.25, 0.3) is 0 Å². The molecule has 0 spiro atoms. The summed E-state index contributed by atoms with van der Waals surface area (Å²) in [5.41, 5.74) is 4.06. The maximum atomic E-state index is 11.1. The number of aromatic nitrogens is 5. The number of nitrogens with zero attached hydrogens (tertiary/aromatic N) is 3. The Morgan fingerprint density at radius 1 is 0.694 bits per heavy atom. The van der Waals surface area contributed by atoms with Crippen molar-refractivity contribution >= 4 is 104 Å². The van der Waals surface area contributed by atoms with Gasteiger partial charge in [0.15, 0.2) is 31.4 Å². The highest BCUT2D eigenvalue weighted by Gasteiger charge is 2.52. The Kier molecular flexibility index (Phi) is 24.8. The van der Waals surface area contributed by atoms with Gasteiger partial charge in [0.1, 0.15) is 5.33 Å². The van der Waals surface area contributed by atoms with E-state index in [2.05, 4.69) is 62.5 Å². The molecule has 0 radical (unpaired) electrons. The summed E-state index contributed by atoms with van der Waals surface area (Å²) in [7, 11) is 5.02. The highest BCUT2D eigenvalue weighted by Crippen LogP contribution is 2.36. The van der Waals surface area contributed by atoms with Crippen LogP contribution in [0.15, 0.2) is 76.3 Å². The third kappa shape index (κ3) is 19.0. The van der Waals surface area contributed by atoms with Gasteiger partial charge in [-0.3, -0.25) is 33.6 Å². The van der Waals surface area contributed by atoms with Gasteiger partial charge >= 0.3 is 19.1 Å². The van der Waals surface area contributed by atoms with Gasteiger partial charge in [0.05, 0.1) is 59.3 Å². The molecular weight excluding hydrogens is 1000 g/mol. The fourth-order valence-electron chi connectivity index (χ4n) is 4.80. The molecule has 0 unspecified atom stereocenters. The predicted octanol–water partition coefficient (Wildman–Crippen LogP) is 7.04. The van der Waals surface area contributed by atoms with E-state index in [1.54, 1.807) is 89.6 Å². The van der Waals surface area contributed by atoms with Gasteiger partial charge in [-0.15, -0.1) is 0 Å². The summed E-state index contributed by atoms with van der Waals surface area (Å²) < 4.78 is 28.2. The molecule has 0 atom stereocenters. The lowest BCUT2D eigenvalue weighted by molar-refractivity contribution is -0.142. The van der Waals surface area contributed by atoms with Crippen molar-refractivity contribution < 1.29 is 52.3 Å². The van der Waals surface area contributed by atoms with Crippen molar-refractivity contribution in [3.8, 4) is 0 Å². The SMILES string of the molecule is CCOC(=O)CBr.CCOC(=O)Cc1cc(C=O)n(C)c1.Cn1cc(B2OC(C)(C)C(C)(C)O2)cc1C=O.Cn1cc(Br)cc1C=O.O=Cc1cc(Br)c[nH]1.O=Cc1ccc[nH]1. The van der Waals surface area contributed by atoms with Crippen molar-refractivity contribution in [3.63, 3.8) is 0 Å². The zero-order valence-corrected chi connectivity index (χ0v) is 40.9. The lowest BCUT2D eigenvalue weighted by Gasteiger charge is -2.32. The van der Waals surface area contributed by atoms with Gasteiger partial charge in [-0.1, -0.05) is 15.9 Å². The summed E-state index contributed by atoms with van der Waals surface area (Å²) in [5.74, 6) is -0.474. The first-order chi connectivity index (χ1) is 29.2. The highest BCUT2D eigenvalue weighted by molar-refractivity contribution is 9.10. The Morgan fingerprint density at radius 2 is 1.21 bits per heavy atom. The van der Waals surface area contributed by atoms with Crippen LogP contribution in [0, 0.1) is 0 Å². The molecule has 20 heteroatoms. The summed E-state index contributed by atoms with van der Waals surface area (Å²) >= 11 is 9.37. The van der Waals surface area contributed by atoms with Gasteiger partial charge in [0, 0.05) is 66.5 Å². The Morgan fingerprint density at radius 3 is 1.55 bits per heavy atom. The van der Waals surface area contributed by atoms with E-state index in [0.29, 0.717) is 47.0 Å². The van der Waals surface area contributed by atoms with E-state index < -0.39 is 7.12 Å². The fourth-order valence-corrected chi connectivity index (χ4v) is 5.87. The van der Waals surface area contributed by atoms with Crippen LogP contribution in [0.3, 0.4) is 0 Å². The van der Waals surface area contributed by atoms with E-state index in [-0.39, 0.29) is 29.6 Å². The number of esters is 2. The molecular formula is C42H53BBr3N5O11. The number of aldehydes is 5. The number of ether oxygens (including phenoxy) is 2. The normalized spacial score (nSPS) is 12.7. The molecule has 6 rings (SSSR count). The summed E-state index contributed by atoms with van der Waals surface area (Å²) in [5, 5.41) is 0.292. The third-order valence-corrected chi connectivity index (χ3v) is 10.0. The summed E-state index contributed by atoms with van der Waals surface area (Å²) in [6.45, 7) is 12.4. The molecule has 1 aliphatic heterocycles. The van der Waals surface area contributed by atoms with Crippen LogP contribution in [-0.4, -0.2) is 104 Å². The van der Waals surface area contributed by atoms with Crippen LogP contribution in [0.4, 0.5) is 0 Å². The molecule has 1 fully saturated rings. The summed E-state index contributed by atoms with van der Waals surface area (Å²) in [6.07, 6.45) is 13.1. The molecule has 16 nitrogen and oxygen atoms in total. The lowest BCUT2D eigenvalue weighted by Crippen LogP contribution is -2.41. The molecule has 0 saturated carbocycles. The van der Waals surface area contributed by atoms with Crippen LogP contribution in [0.1, 0.15) is 99.5 Å². The van der Waals surface area contributed by atoms with Crippen LogP contribution < -0.4 is 5.46 Å². The third-order valence-electron chi connectivity index (χ3n) is 8.68. The zero-order valence-electron chi connectivity index (χ0n) is 36.1. The maximum absolute atomic E-state index is 11.1. The topological polar surface area (TPSA) is 203 Å². The molecule has 336 valence electrons. The molecule has 5 aromatic rings. The second kappa shape index (κ2) is 27.9. The first-order valence-electron chi connectivity index (χ1n) is 18.8. The lowest BCUT2D eigenvalue weighted by atomic mass is 9.81. The van der Waals surface area contributed by atoms with Crippen LogP contribution in [0.5, 0.6) is 0 Å².